The molecule has 1 atom stereocenters. The molecule has 3 nitrogen and oxygen atoms in total. The molecule has 0 amide bonds. The zero-order chi connectivity index (χ0) is 15.0. The minimum atomic E-state index is -0.213. The van der Waals surface area contributed by atoms with Crippen LogP contribution in [0.3, 0.4) is 0 Å². The summed E-state index contributed by atoms with van der Waals surface area (Å²) in [5.41, 5.74) is 1.13. The molecular formula is C14H21ClN2OS2. The van der Waals surface area contributed by atoms with E-state index in [4.69, 9.17) is 11.6 Å². The molecule has 0 saturated heterocycles. The third-order valence-corrected chi connectivity index (χ3v) is 6.47. The highest BCUT2D eigenvalue weighted by molar-refractivity contribution is 8.18. The first kappa shape index (κ1) is 17.8. The Hall–Kier alpha value is -0.260. The average Bonchev–Trinajstić information content (AvgIpc) is 2.42. The first-order valence-electron chi connectivity index (χ1n) is 6.82. The molecule has 0 spiro atoms. The van der Waals surface area contributed by atoms with Crippen molar-refractivity contribution in [3.8, 4) is 0 Å². The van der Waals surface area contributed by atoms with Crippen molar-refractivity contribution in [3.63, 3.8) is 0 Å². The zero-order valence-electron chi connectivity index (χ0n) is 12.1. The summed E-state index contributed by atoms with van der Waals surface area (Å²) in [5, 5.41) is 3.71. The largest absolute Gasteiger partial charge is 0.244 e. The SMILES string of the molecule is CCSC(CN=O)(SCC)C(CC)c1ccc(Cl)nc1. The van der Waals surface area contributed by atoms with Crippen molar-refractivity contribution in [2.45, 2.75) is 37.2 Å². The third-order valence-electron chi connectivity index (χ3n) is 3.15. The summed E-state index contributed by atoms with van der Waals surface area (Å²) < 4.78 is -0.213. The lowest BCUT2D eigenvalue weighted by molar-refractivity contribution is 0.592. The second kappa shape index (κ2) is 8.90. The minimum absolute atomic E-state index is 0.213. The fourth-order valence-corrected chi connectivity index (χ4v) is 5.84. The second-order valence-corrected chi connectivity index (χ2v) is 8.17. The Morgan fingerprint density at radius 3 is 2.35 bits per heavy atom. The number of nitrogens with zero attached hydrogens (tertiary/aromatic N) is 2. The van der Waals surface area contributed by atoms with Gasteiger partial charge in [-0.1, -0.05) is 43.6 Å². The van der Waals surface area contributed by atoms with Crippen molar-refractivity contribution >= 4 is 35.1 Å². The molecule has 1 heterocycles. The van der Waals surface area contributed by atoms with Crippen molar-refractivity contribution in [1.82, 2.24) is 4.98 Å². The fourth-order valence-electron chi connectivity index (χ4n) is 2.42. The molecule has 0 aliphatic rings. The number of hydrogen-bond acceptors (Lipinski definition) is 5. The molecule has 0 aromatic carbocycles. The standard InChI is InChI=1S/C14H21ClN2OS2/c1-4-12(11-7-8-13(15)16-9-11)14(10-17-18,19-5-2)20-6-3/h7-9,12H,4-6,10H2,1-3H3. The van der Waals surface area contributed by atoms with Gasteiger partial charge in [-0.3, -0.25) is 0 Å². The van der Waals surface area contributed by atoms with Gasteiger partial charge < -0.3 is 0 Å². The molecule has 6 heteroatoms. The Morgan fingerprint density at radius 2 is 1.95 bits per heavy atom. The van der Waals surface area contributed by atoms with Crippen LogP contribution in [0, 0.1) is 4.91 Å². The van der Waals surface area contributed by atoms with E-state index in [0.717, 1.165) is 23.5 Å². The molecule has 1 aromatic heterocycles. The normalized spacial score (nSPS) is 13.2. The molecule has 0 fully saturated rings. The van der Waals surface area contributed by atoms with Crippen LogP contribution in [0.2, 0.25) is 5.15 Å². The lowest BCUT2D eigenvalue weighted by atomic mass is 9.93. The van der Waals surface area contributed by atoms with E-state index in [2.05, 4.69) is 30.9 Å². The van der Waals surface area contributed by atoms with Crippen LogP contribution in [0.15, 0.2) is 23.5 Å². The van der Waals surface area contributed by atoms with E-state index < -0.39 is 0 Å². The predicted octanol–water partition coefficient (Wildman–Crippen LogP) is 5.20. The zero-order valence-corrected chi connectivity index (χ0v) is 14.5. The molecule has 0 N–H and O–H groups in total. The Labute approximate surface area is 134 Å². The number of nitroso groups, excluding NO2 is 1. The lowest BCUT2D eigenvalue weighted by Gasteiger charge is -2.37. The van der Waals surface area contributed by atoms with E-state index in [-0.39, 0.29) is 10.00 Å². The monoisotopic (exact) mass is 332 g/mol. The second-order valence-electron chi connectivity index (χ2n) is 4.34. The number of thioether (sulfide) groups is 2. The van der Waals surface area contributed by atoms with Gasteiger partial charge in [-0.2, -0.15) is 4.91 Å². The maximum Gasteiger partial charge on any atom is 0.129 e. The maximum atomic E-state index is 11.0. The maximum absolute atomic E-state index is 11.0. The van der Waals surface area contributed by atoms with Crippen molar-refractivity contribution < 1.29 is 0 Å². The average molecular weight is 333 g/mol. The van der Waals surface area contributed by atoms with Gasteiger partial charge in [-0.05, 0) is 29.6 Å². The molecule has 1 unspecified atom stereocenters. The quantitative estimate of drug-likeness (QED) is 0.354. The molecule has 112 valence electrons. The van der Waals surface area contributed by atoms with E-state index in [1.807, 2.05) is 41.9 Å². The van der Waals surface area contributed by atoms with Gasteiger partial charge in [0.05, 0.1) is 4.08 Å². The van der Waals surface area contributed by atoms with Crippen LogP contribution in [0.25, 0.3) is 0 Å². The van der Waals surface area contributed by atoms with Gasteiger partial charge in [0.15, 0.2) is 0 Å². The van der Waals surface area contributed by atoms with E-state index in [1.54, 1.807) is 0 Å². The first-order valence-corrected chi connectivity index (χ1v) is 9.16. The topological polar surface area (TPSA) is 42.3 Å². The molecule has 0 radical (unpaired) electrons. The Kier molecular flexibility index (Phi) is 7.92. The smallest absolute Gasteiger partial charge is 0.129 e. The van der Waals surface area contributed by atoms with Crippen LogP contribution >= 0.6 is 35.1 Å². The van der Waals surface area contributed by atoms with Crippen molar-refractivity contribution in [1.29, 1.82) is 0 Å². The van der Waals surface area contributed by atoms with Crippen LogP contribution < -0.4 is 0 Å². The summed E-state index contributed by atoms with van der Waals surface area (Å²) in [6.07, 6.45) is 2.77. The molecule has 0 bridgehead atoms. The van der Waals surface area contributed by atoms with Gasteiger partial charge >= 0.3 is 0 Å². The van der Waals surface area contributed by atoms with Gasteiger partial charge in [0.2, 0.25) is 0 Å². The van der Waals surface area contributed by atoms with E-state index >= 15 is 0 Å². The van der Waals surface area contributed by atoms with Crippen molar-refractivity contribution in [2.24, 2.45) is 5.18 Å². The Morgan fingerprint density at radius 1 is 1.30 bits per heavy atom. The number of halogens is 1. The van der Waals surface area contributed by atoms with Gasteiger partial charge in [0, 0.05) is 12.1 Å². The van der Waals surface area contributed by atoms with E-state index in [0.29, 0.717) is 11.7 Å². The summed E-state index contributed by atoms with van der Waals surface area (Å²) in [6, 6.07) is 3.82. The predicted molar refractivity (Wildman–Crippen MR) is 91.9 cm³/mol. The molecule has 1 rings (SSSR count). The molecule has 0 saturated carbocycles. The van der Waals surface area contributed by atoms with Crippen LogP contribution in [0.4, 0.5) is 0 Å². The molecular weight excluding hydrogens is 312 g/mol. The summed E-state index contributed by atoms with van der Waals surface area (Å²) in [5.74, 6) is 2.15. The van der Waals surface area contributed by atoms with Gasteiger partial charge in [-0.15, -0.1) is 23.5 Å². The molecule has 20 heavy (non-hydrogen) atoms. The Bertz CT molecular complexity index is 408. The Balaban J connectivity index is 3.17. The number of hydrogen-bond donors (Lipinski definition) is 0. The van der Waals surface area contributed by atoms with Crippen LogP contribution in [0.1, 0.15) is 38.7 Å². The van der Waals surface area contributed by atoms with Crippen LogP contribution in [-0.2, 0) is 0 Å². The number of pyridine rings is 1. The van der Waals surface area contributed by atoms with Gasteiger partial charge in [0.1, 0.15) is 11.7 Å². The van der Waals surface area contributed by atoms with Crippen molar-refractivity contribution in [2.75, 3.05) is 18.1 Å². The van der Waals surface area contributed by atoms with Crippen molar-refractivity contribution in [3.05, 3.63) is 34.0 Å². The highest BCUT2D eigenvalue weighted by atomic mass is 35.5. The highest BCUT2D eigenvalue weighted by Crippen LogP contribution is 2.49. The summed E-state index contributed by atoms with van der Waals surface area (Å²) in [6.45, 7) is 6.69. The fraction of sp³-hybridized carbons (Fsp3) is 0.643. The highest BCUT2D eigenvalue weighted by Gasteiger charge is 2.39. The molecule has 1 aromatic rings. The molecule has 0 aliphatic carbocycles. The van der Waals surface area contributed by atoms with E-state index in [1.165, 1.54) is 0 Å². The van der Waals surface area contributed by atoms with Crippen LogP contribution in [0.5, 0.6) is 0 Å². The van der Waals surface area contributed by atoms with Gasteiger partial charge in [0.25, 0.3) is 0 Å². The first-order chi connectivity index (χ1) is 9.63. The molecule has 0 aliphatic heterocycles. The summed E-state index contributed by atoms with van der Waals surface area (Å²) in [4.78, 5) is 15.1. The minimum Gasteiger partial charge on any atom is -0.244 e. The number of rotatable bonds is 9. The van der Waals surface area contributed by atoms with Gasteiger partial charge in [-0.25, -0.2) is 4.98 Å². The van der Waals surface area contributed by atoms with Crippen LogP contribution in [-0.4, -0.2) is 27.1 Å². The van der Waals surface area contributed by atoms with E-state index in [9.17, 15) is 4.91 Å². The third kappa shape index (κ3) is 4.37. The summed E-state index contributed by atoms with van der Waals surface area (Å²) in [7, 11) is 0. The summed E-state index contributed by atoms with van der Waals surface area (Å²) >= 11 is 9.49. The lowest BCUT2D eigenvalue weighted by Crippen LogP contribution is -2.33. The number of aromatic nitrogens is 1.